The second-order valence-electron chi connectivity index (χ2n) is 6.81. The third-order valence-corrected chi connectivity index (χ3v) is 4.88. The van der Waals surface area contributed by atoms with E-state index >= 15 is 0 Å². The Morgan fingerprint density at radius 3 is 2.46 bits per heavy atom. The van der Waals surface area contributed by atoms with Gasteiger partial charge in [0.25, 0.3) is 5.91 Å². The van der Waals surface area contributed by atoms with E-state index in [-0.39, 0.29) is 5.91 Å². The first-order valence-corrected chi connectivity index (χ1v) is 9.58. The Hall–Kier alpha value is -2.49. The number of benzene rings is 2. The molecule has 0 bridgehead atoms. The molecule has 26 heavy (non-hydrogen) atoms. The van der Waals surface area contributed by atoms with Gasteiger partial charge in [-0.15, -0.1) is 0 Å². The summed E-state index contributed by atoms with van der Waals surface area (Å²) in [5.74, 6) is 0.639. The minimum atomic E-state index is -0.551. The number of aryl methyl sites for hydroxylation is 1. The number of amides is 1. The van der Waals surface area contributed by atoms with Crippen molar-refractivity contribution in [2.45, 2.75) is 45.6 Å². The maximum Gasteiger partial charge on any atom is 0.265 e. The minimum absolute atomic E-state index is 0.137. The molecule has 0 aromatic heterocycles. The van der Waals surface area contributed by atoms with Crippen LogP contribution >= 0.6 is 0 Å². The predicted molar refractivity (Wildman–Crippen MR) is 107 cm³/mol. The van der Waals surface area contributed by atoms with E-state index in [1.165, 1.54) is 24.9 Å². The number of nitrogens with one attached hydrogen (secondary N) is 1. The summed E-state index contributed by atoms with van der Waals surface area (Å²) in [6, 6.07) is 16.0. The molecule has 2 aromatic rings. The fraction of sp³-hybridized carbons (Fsp3) is 0.409. The summed E-state index contributed by atoms with van der Waals surface area (Å²) >= 11 is 0. The van der Waals surface area contributed by atoms with E-state index in [4.69, 9.17) is 4.74 Å². The van der Waals surface area contributed by atoms with Crippen molar-refractivity contribution < 1.29 is 9.53 Å². The molecule has 0 spiro atoms. The maximum atomic E-state index is 12.5. The van der Waals surface area contributed by atoms with Crippen LogP contribution in [0, 0.1) is 0 Å². The van der Waals surface area contributed by atoms with Crippen molar-refractivity contribution in [3.05, 3.63) is 54.1 Å². The second kappa shape index (κ2) is 8.75. The molecule has 1 saturated heterocycles. The first kappa shape index (κ1) is 18.3. The van der Waals surface area contributed by atoms with E-state index in [2.05, 4.69) is 29.3 Å². The van der Waals surface area contributed by atoms with Gasteiger partial charge in [-0.3, -0.25) is 4.79 Å². The van der Waals surface area contributed by atoms with Gasteiger partial charge in [-0.2, -0.15) is 0 Å². The molecule has 1 aliphatic rings. The zero-order valence-electron chi connectivity index (χ0n) is 15.7. The number of para-hydroxylation sites is 1. The van der Waals surface area contributed by atoms with Crippen LogP contribution in [0.1, 0.15) is 38.7 Å². The Kier molecular flexibility index (Phi) is 6.16. The molecule has 1 aliphatic heterocycles. The summed E-state index contributed by atoms with van der Waals surface area (Å²) in [5, 5.41) is 2.95. The minimum Gasteiger partial charge on any atom is -0.481 e. The Labute approximate surface area is 156 Å². The summed E-state index contributed by atoms with van der Waals surface area (Å²) in [6.07, 6.45) is 4.16. The molecule has 0 radical (unpaired) electrons. The number of hydrogen-bond acceptors (Lipinski definition) is 3. The highest BCUT2D eigenvalue weighted by Crippen LogP contribution is 2.23. The molecule has 2 aromatic carbocycles. The highest BCUT2D eigenvalue weighted by atomic mass is 16.5. The number of carbonyl (C=O) groups is 1. The summed E-state index contributed by atoms with van der Waals surface area (Å²) < 4.78 is 5.87. The number of ether oxygens (including phenoxy) is 1. The van der Waals surface area contributed by atoms with Crippen LogP contribution in [0.2, 0.25) is 0 Å². The zero-order valence-corrected chi connectivity index (χ0v) is 15.7. The average molecular weight is 352 g/mol. The van der Waals surface area contributed by atoms with Crippen molar-refractivity contribution >= 4 is 17.3 Å². The summed E-state index contributed by atoms with van der Waals surface area (Å²) in [6.45, 7) is 6.10. The van der Waals surface area contributed by atoms with Gasteiger partial charge in [0.1, 0.15) is 5.75 Å². The first-order chi connectivity index (χ1) is 12.7. The third-order valence-electron chi connectivity index (χ3n) is 4.88. The molecule has 1 amide bonds. The quantitative estimate of drug-likeness (QED) is 0.823. The van der Waals surface area contributed by atoms with E-state index in [0.717, 1.165) is 36.5 Å². The summed E-state index contributed by atoms with van der Waals surface area (Å²) in [7, 11) is 0. The lowest BCUT2D eigenvalue weighted by atomic mass is 10.1. The Bertz CT molecular complexity index is 721. The number of carbonyl (C=O) groups excluding carboxylic acids is 1. The number of anilines is 2. The van der Waals surface area contributed by atoms with Gasteiger partial charge in [-0.25, -0.2) is 0 Å². The second-order valence-corrected chi connectivity index (χ2v) is 6.81. The first-order valence-electron chi connectivity index (χ1n) is 9.58. The molecule has 138 valence electrons. The third kappa shape index (κ3) is 4.57. The molecule has 4 nitrogen and oxygen atoms in total. The fourth-order valence-electron chi connectivity index (χ4n) is 3.31. The molecular formula is C22H28N2O2. The molecule has 1 fully saturated rings. The Morgan fingerprint density at radius 1 is 1.08 bits per heavy atom. The van der Waals surface area contributed by atoms with E-state index in [1.807, 2.05) is 36.4 Å². The number of rotatable bonds is 6. The number of nitrogens with zero attached hydrogens (tertiary/aromatic N) is 1. The molecule has 0 unspecified atom stereocenters. The van der Waals surface area contributed by atoms with Crippen LogP contribution in [0.15, 0.2) is 48.5 Å². The van der Waals surface area contributed by atoms with Gasteiger partial charge in [-0.05, 0) is 68.5 Å². The van der Waals surface area contributed by atoms with Gasteiger partial charge in [0.15, 0.2) is 6.10 Å². The summed E-state index contributed by atoms with van der Waals surface area (Å²) in [4.78, 5) is 14.9. The van der Waals surface area contributed by atoms with Crippen molar-refractivity contribution in [3.63, 3.8) is 0 Å². The monoisotopic (exact) mass is 352 g/mol. The van der Waals surface area contributed by atoms with Gasteiger partial charge in [0.05, 0.1) is 0 Å². The molecule has 1 N–H and O–H groups in total. The van der Waals surface area contributed by atoms with Gasteiger partial charge in [0.2, 0.25) is 0 Å². The van der Waals surface area contributed by atoms with Crippen molar-refractivity contribution in [2.24, 2.45) is 0 Å². The maximum absolute atomic E-state index is 12.5. The smallest absolute Gasteiger partial charge is 0.265 e. The van der Waals surface area contributed by atoms with E-state index in [1.54, 1.807) is 6.92 Å². The predicted octanol–water partition coefficient (Wildman–Crippen LogP) is 4.65. The van der Waals surface area contributed by atoms with Gasteiger partial charge in [0, 0.05) is 24.5 Å². The molecule has 1 heterocycles. The SMILES string of the molecule is CCc1ccccc1O[C@@H](C)C(=O)Nc1ccc(N2CCCCC2)cc1. The lowest BCUT2D eigenvalue weighted by molar-refractivity contribution is -0.122. The lowest BCUT2D eigenvalue weighted by Crippen LogP contribution is -2.30. The van der Waals surface area contributed by atoms with Crippen LogP contribution < -0.4 is 15.0 Å². The van der Waals surface area contributed by atoms with Crippen LogP contribution in [0.5, 0.6) is 5.75 Å². The zero-order chi connectivity index (χ0) is 18.4. The van der Waals surface area contributed by atoms with Crippen LogP contribution in [-0.2, 0) is 11.2 Å². The van der Waals surface area contributed by atoms with E-state index in [9.17, 15) is 4.79 Å². The van der Waals surface area contributed by atoms with E-state index < -0.39 is 6.10 Å². The number of hydrogen-bond donors (Lipinski definition) is 1. The van der Waals surface area contributed by atoms with Crippen LogP contribution in [-0.4, -0.2) is 25.1 Å². The Morgan fingerprint density at radius 2 is 1.77 bits per heavy atom. The van der Waals surface area contributed by atoms with Crippen molar-refractivity contribution in [2.75, 3.05) is 23.3 Å². The molecule has 4 heteroatoms. The summed E-state index contributed by atoms with van der Waals surface area (Å²) in [5.41, 5.74) is 3.14. The largest absolute Gasteiger partial charge is 0.481 e. The van der Waals surface area contributed by atoms with Crippen molar-refractivity contribution in [1.29, 1.82) is 0 Å². The average Bonchev–Trinajstić information content (AvgIpc) is 2.69. The lowest BCUT2D eigenvalue weighted by Gasteiger charge is -2.28. The molecular weight excluding hydrogens is 324 g/mol. The Balaban J connectivity index is 1.58. The standard InChI is InChI=1S/C22H28N2O2/c1-3-18-9-5-6-10-21(18)26-17(2)22(25)23-19-11-13-20(14-12-19)24-15-7-4-8-16-24/h5-6,9-14,17H,3-4,7-8,15-16H2,1-2H3,(H,23,25)/t17-/m0/s1. The molecule has 3 rings (SSSR count). The highest BCUT2D eigenvalue weighted by Gasteiger charge is 2.16. The topological polar surface area (TPSA) is 41.6 Å². The van der Waals surface area contributed by atoms with Gasteiger partial charge >= 0.3 is 0 Å². The van der Waals surface area contributed by atoms with Crippen LogP contribution in [0.25, 0.3) is 0 Å². The van der Waals surface area contributed by atoms with Crippen molar-refractivity contribution in [1.82, 2.24) is 0 Å². The molecule has 0 saturated carbocycles. The molecule has 0 aliphatic carbocycles. The van der Waals surface area contributed by atoms with Crippen molar-refractivity contribution in [3.8, 4) is 5.75 Å². The fourth-order valence-corrected chi connectivity index (χ4v) is 3.31. The van der Waals surface area contributed by atoms with Crippen LogP contribution in [0.4, 0.5) is 11.4 Å². The van der Waals surface area contributed by atoms with Gasteiger partial charge < -0.3 is 15.0 Å². The number of piperidine rings is 1. The van der Waals surface area contributed by atoms with E-state index in [0.29, 0.717) is 0 Å². The molecule has 1 atom stereocenters. The van der Waals surface area contributed by atoms with Gasteiger partial charge in [-0.1, -0.05) is 25.1 Å². The highest BCUT2D eigenvalue weighted by molar-refractivity contribution is 5.94. The normalized spacial score (nSPS) is 15.4. The van der Waals surface area contributed by atoms with Crippen LogP contribution in [0.3, 0.4) is 0 Å².